The zero-order chi connectivity index (χ0) is 42.9. The Hall–Kier alpha value is -4.18. The predicted octanol–water partition coefficient (Wildman–Crippen LogP) is 8.52. The number of ether oxygens (including phenoxy) is 3. The van der Waals surface area contributed by atoms with Gasteiger partial charge in [0.2, 0.25) is 21.7 Å². The fourth-order valence-electron chi connectivity index (χ4n) is 9.29. The Bertz CT molecular complexity index is 2110. The average Bonchev–Trinajstić information content (AvgIpc) is 3.24. The van der Waals surface area contributed by atoms with Gasteiger partial charge in [0.15, 0.2) is 0 Å². The molecule has 3 N–H and O–H groups in total. The number of hydrogen-bond donors (Lipinski definition) is 3. The molecule has 0 spiro atoms. The third-order valence-electron chi connectivity index (χ3n) is 11.7. The van der Waals surface area contributed by atoms with Crippen molar-refractivity contribution in [2.45, 2.75) is 92.8 Å². The Balaban J connectivity index is 1.58. The minimum Gasteiger partial charge on any atom is -0.460 e. The van der Waals surface area contributed by atoms with Crippen molar-refractivity contribution in [2.75, 3.05) is 45.0 Å². The van der Waals surface area contributed by atoms with Gasteiger partial charge in [-0.15, -0.1) is 18.3 Å². The number of unbranched alkanes of at least 4 members (excludes halogenated alkanes) is 2. The van der Waals surface area contributed by atoms with Gasteiger partial charge in [0.25, 0.3) is 0 Å². The molecule has 0 radical (unpaired) electrons. The highest BCUT2D eigenvalue weighted by atomic mass is 32.2. The fourth-order valence-corrected chi connectivity index (χ4v) is 11.4. The van der Waals surface area contributed by atoms with Crippen molar-refractivity contribution in [1.29, 1.82) is 0 Å². The van der Waals surface area contributed by atoms with Crippen molar-refractivity contribution in [2.24, 2.45) is 22.9 Å². The van der Waals surface area contributed by atoms with E-state index in [0.717, 1.165) is 41.7 Å². The highest BCUT2D eigenvalue weighted by Gasteiger charge is 2.66. The van der Waals surface area contributed by atoms with Crippen molar-refractivity contribution in [3.05, 3.63) is 96.6 Å². The van der Waals surface area contributed by atoms with E-state index in [1.165, 1.54) is 30.5 Å². The number of hydrogen-bond acceptors (Lipinski definition) is 11. The van der Waals surface area contributed by atoms with Crippen LogP contribution in [0.4, 0.5) is 5.69 Å². The van der Waals surface area contributed by atoms with Gasteiger partial charge >= 0.3 is 0 Å². The van der Waals surface area contributed by atoms with Gasteiger partial charge in [0.1, 0.15) is 24.4 Å². The lowest BCUT2D eigenvalue weighted by Gasteiger charge is -2.59. The lowest BCUT2D eigenvalue weighted by Crippen LogP contribution is -2.70. The Morgan fingerprint density at radius 3 is 2.37 bits per heavy atom. The van der Waals surface area contributed by atoms with Crippen molar-refractivity contribution in [3.63, 3.8) is 0 Å². The number of carbonyl (C=O) groups is 1. The molecule has 3 aliphatic rings. The molecule has 12 nitrogen and oxygen atoms in total. The Morgan fingerprint density at radius 1 is 1.03 bits per heavy atom. The first-order valence-corrected chi connectivity index (χ1v) is 23.5. The van der Waals surface area contributed by atoms with Crippen LogP contribution in [0.2, 0.25) is 0 Å². The minimum absolute atomic E-state index is 0.00885. The number of benzene rings is 3. The van der Waals surface area contributed by atoms with Crippen molar-refractivity contribution < 1.29 is 42.5 Å². The van der Waals surface area contributed by atoms with Crippen molar-refractivity contribution in [1.82, 2.24) is 4.31 Å². The molecule has 1 saturated carbocycles. The molecule has 14 heteroatoms. The largest absolute Gasteiger partial charge is 0.460 e. The van der Waals surface area contributed by atoms with Crippen LogP contribution in [0.15, 0.2) is 106 Å². The molecule has 0 bridgehead atoms. The molecule has 60 heavy (non-hydrogen) atoms. The molecule has 1 fully saturated rings. The summed E-state index contributed by atoms with van der Waals surface area (Å²) < 4.78 is 52.4. The Morgan fingerprint density at radius 2 is 1.73 bits per heavy atom. The summed E-state index contributed by atoms with van der Waals surface area (Å²) in [7, 11) is -2.72. The van der Waals surface area contributed by atoms with Crippen LogP contribution in [0.25, 0.3) is 0 Å². The maximum atomic E-state index is 15.1. The van der Waals surface area contributed by atoms with E-state index in [4.69, 9.17) is 19.0 Å². The summed E-state index contributed by atoms with van der Waals surface area (Å²) >= 11 is 1.66. The second-order valence-electron chi connectivity index (χ2n) is 15.6. The summed E-state index contributed by atoms with van der Waals surface area (Å²) in [6.45, 7) is 7.71. The molecule has 324 valence electrons. The van der Waals surface area contributed by atoms with E-state index in [9.17, 15) is 15.0 Å². The number of amides is 1. The number of aliphatic hydroxyl groups excluding tert-OH is 2. The fraction of sp³-hybridized carbons (Fsp3) is 0.478. The van der Waals surface area contributed by atoms with Gasteiger partial charge in [-0.05, 0) is 122 Å². The summed E-state index contributed by atoms with van der Waals surface area (Å²) in [5.74, 6) is -0.693. The van der Waals surface area contributed by atoms with E-state index in [1.54, 1.807) is 30.0 Å². The molecule has 3 aromatic carbocycles. The molecule has 3 aromatic rings. The van der Waals surface area contributed by atoms with E-state index in [1.807, 2.05) is 55.6 Å². The Labute approximate surface area is 359 Å². The topological polar surface area (TPSA) is 156 Å². The monoisotopic (exact) mass is 861 g/mol. The zero-order valence-electron chi connectivity index (χ0n) is 35.0. The summed E-state index contributed by atoms with van der Waals surface area (Å²) in [5, 5.41) is 27.1. The number of allylic oxidation sites excluding steroid dienone is 1. The minimum atomic E-state index is -4.22. The number of anilines is 1. The van der Waals surface area contributed by atoms with E-state index >= 15 is 8.42 Å². The number of nitrogens with zero attached hydrogens (tertiary/aromatic N) is 2. The molecule has 0 unspecified atom stereocenters. The lowest BCUT2D eigenvalue weighted by molar-refractivity contribution is -0.251. The molecule has 1 heterocycles. The van der Waals surface area contributed by atoms with Crippen LogP contribution < -0.4 is 14.8 Å². The Kier molecular flexibility index (Phi) is 15.6. The van der Waals surface area contributed by atoms with E-state index < -0.39 is 27.8 Å². The number of sulfonamides is 1. The highest BCUT2D eigenvalue weighted by Crippen LogP contribution is 2.62. The molecule has 0 saturated heterocycles. The summed E-state index contributed by atoms with van der Waals surface area (Å²) in [4.78, 5) is 18.5. The molecule has 0 aromatic heterocycles. The number of carbonyl (C=O) groups excluding carboxylic acids is 1. The van der Waals surface area contributed by atoms with Gasteiger partial charge < -0.3 is 34.6 Å². The van der Waals surface area contributed by atoms with Gasteiger partial charge in [0.05, 0.1) is 29.2 Å². The molecule has 1 aliphatic heterocycles. The molecule has 1 amide bonds. The second kappa shape index (κ2) is 20.6. The smallest absolute Gasteiger partial charge is 0.243 e. The maximum Gasteiger partial charge on any atom is 0.243 e. The number of rotatable bonds is 21. The molecular weight excluding hydrogens is 803 g/mol. The quantitative estimate of drug-likeness (QED) is 0.0411. The summed E-state index contributed by atoms with van der Waals surface area (Å²) in [6, 6.07) is 19.0. The van der Waals surface area contributed by atoms with Gasteiger partial charge in [-0.1, -0.05) is 37.1 Å². The number of oxime groups is 1. The van der Waals surface area contributed by atoms with Crippen LogP contribution in [-0.4, -0.2) is 86.1 Å². The third-order valence-corrected chi connectivity index (χ3v) is 14.4. The first-order valence-electron chi connectivity index (χ1n) is 20.9. The molecule has 6 atom stereocenters. The van der Waals surface area contributed by atoms with Gasteiger partial charge in [-0.25, -0.2) is 8.42 Å². The van der Waals surface area contributed by atoms with Crippen LogP contribution in [0.5, 0.6) is 17.2 Å². The average molecular weight is 862 g/mol. The SMILES string of the molecule is C=CCO[C@@]12Oc3ccc(Oc4ccc(SC)cc4)cc3[C@H]3[C@H](CCCCO)[C@@H](CCCCO)C=C(C(=NOC)C[C@@H]1N(CCC)S(=O)(=O)c1ccc(NC(C)=O)cc1)[C@H]32. The number of fused-ring (bicyclic) bond motifs is 2. The standard InChI is InChI=1S/C46H59N3O9S2/c1-6-24-49(60(53,54)37-21-14-33(15-22-37)47-31(3)52)43-30-41(48-55-4)39-28-32(12-8-10-25-50)38(13-9-11-26-51)44-40-29-35(57-34-16-19-36(59-5)20-17-34)18-23-42(40)58-46(43,45(39)44)56-27-7-2/h7,14-23,28-29,32,38,43-45,50-51H,2,6,8-13,24-27,30H2,1,3-5H3,(H,47,52)/t32-,38+,43-,44+,45+,46+/m0/s1. The number of nitrogens with one attached hydrogen (secondary N) is 1. The first-order chi connectivity index (χ1) is 29.0. The zero-order valence-corrected chi connectivity index (χ0v) is 36.7. The van der Waals surface area contributed by atoms with Gasteiger partial charge in [-0.3, -0.25) is 4.79 Å². The number of thioether (sulfide) groups is 1. The van der Waals surface area contributed by atoms with Crippen LogP contribution in [0.3, 0.4) is 0 Å². The normalized spacial score (nSPS) is 23.9. The van der Waals surface area contributed by atoms with Crippen molar-refractivity contribution >= 4 is 39.1 Å². The van der Waals surface area contributed by atoms with Crippen LogP contribution in [0, 0.1) is 17.8 Å². The first kappa shape index (κ1) is 45.3. The van der Waals surface area contributed by atoms with Crippen LogP contribution in [0.1, 0.15) is 76.7 Å². The van der Waals surface area contributed by atoms with Gasteiger partial charge in [-0.2, -0.15) is 4.31 Å². The number of aliphatic hydroxyl groups is 2. The second-order valence-corrected chi connectivity index (χ2v) is 18.3. The van der Waals surface area contributed by atoms with Crippen LogP contribution in [-0.2, 0) is 24.4 Å². The molecule has 2 aliphatic carbocycles. The maximum absolute atomic E-state index is 15.1. The predicted molar refractivity (Wildman–Crippen MR) is 235 cm³/mol. The van der Waals surface area contributed by atoms with Crippen molar-refractivity contribution in [3.8, 4) is 17.2 Å². The lowest BCUT2D eigenvalue weighted by atomic mass is 9.55. The molecular formula is C46H59N3O9S2. The summed E-state index contributed by atoms with van der Waals surface area (Å²) in [5.41, 5.74) is 2.89. The van der Waals surface area contributed by atoms with E-state index in [0.29, 0.717) is 47.9 Å². The summed E-state index contributed by atoms with van der Waals surface area (Å²) in [6.07, 6.45) is 11.0. The third kappa shape index (κ3) is 9.64. The van der Waals surface area contributed by atoms with E-state index in [-0.39, 0.29) is 61.3 Å². The van der Waals surface area contributed by atoms with Crippen LogP contribution >= 0.6 is 11.8 Å². The molecule has 6 rings (SSSR count). The highest BCUT2D eigenvalue weighted by molar-refractivity contribution is 7.98. The van der Waals surface area contributed by atoms with Gasteiger partial charge in [0, 0.05) is 55.2 Å². The van der Waals surface area contributed by atoms with E-state index in [2.05, 4.69) is 23.1 Å².